The van der Waals surface area contributed by atoms with Crippen LogP contribution in [0.4, 0.5) is 0 Å². The first kappa shape index (κ1) is 16.0. The monoisotopic (exact) mass is 378 g/mol. The van der Waals surface area contributed by atoms with Crippen LogP contribution in [0.1, 0.15) is 28.7 Å². The van der Waals surface area contributed by atoms with Gasteiger partial charge in [-0.2, -0.15) is 5.10 Å². The van der Waals surface area contributed by atoms with E-state index in [1.807, 2.05) is 31.2 Å². The Morgan fingerprint density at radius 3 is 3.13 bits per heavy atom. The average Bonchev–Trinajstić information content (AvgIpc) is 2.99. The summed E-state index contributed by atoms with van der Waals surface area (Å²) in [6.07, 6.45) is 0.725. The number of para-hydroxylation sites is 1. The number of nitrogens with one attached hydrogen (secondary N) is 3. The Hall–Kier alpha value is -1.86. The molecule has 7 heteroatoms. The number of carbonyl (C=O) groups is 1. The molecule has 1 unspecified atom stereocenters. The van der Waals surface area contributed by atoms with Gasteiger partial charge in [-0.25, -0.2) is 0 Å². The van der Waals surface area contributed by atoms with E-state index in [9.17, 15) is 4.79 Å². The quantitative estimate of drug-likeness (QED) is 0.743. The van der Waals surface area contributed by atoms with Gasteiger partial charge in [0.05, 0.1) is 11.0 Å². The smallest absolute Gasteiger partial charge is 0.272 e. The van der Waals surface area contributed by atoms with Gasteiger partial charge in [-0.3, -0.25) is 9.89 Å². The first-order chi connectivity index (χ1) is 11.1. The maximum atomic E-state index is 12.3. The summed E-state index contributed by atoms with van der Waals surface area (Å²) >= 11 is 3.44. The van der Waals surface area contributed by atoms with Crippen molar-refractivity contribution in [3.63, 3.8) is 0 Å². The zero-order valence-corrected chi connectivity index (χ0v) is 14.4. The van der Waals surface area contributed by atoms with Gasteiger partial charge < -0.3 is 15.4 Å². The van der Waals surface area contributed by atoms with Crippen molar-refractivity contribution in [2.45, 2.75) is 26.0 Å². The van der Waals surface area contributed by atoms with Gasteiger partial charge in [0.25, 0.3) is 5.91 Å². The molecular weight excluding hydrogens is 360 g/mol. The Kier molecular flexibility index (Phi) is 4.97. The Balaban J connectivity index is 1.57. The van der Waals surface area contributed by atoms with Gasteiger partial charge in [0.2, 0.25) is 0 Å². The summed E-state index contributed by atoms with van der Waals surface area (Å²) in [4.78, 5) is 12.3. The summed E-state index contributed by atoms with van der Waals surface area (Å²) in [6, 6.07) is 7.65. The van der Waals surface area contributed by atoms with Crippen molar-refractivity contribution >= 4 is 21.8 Å². The lowest BCUT2D eigenvalue weighted by molar-refractivity contribution is 0.0926. The molecule has 1 aliphatic heterocycles. The normalized spacial score (nSPS) is 14.9. The van der Waals surface area contributed by atoms with Gasteiger partial charge in [0, 0.05) is 30.8 Å². The third-order valence-corrected chi connectivity index (χ3v) is 4.39. The molecule has 0 radical (unpaired) electrons. The first-order valence-corrected chi connectivity index (χ1v) is 8.40. The molecule has 0 spiro atoms. The molecule has 3 rings (SSSR count). The SMILES string of the molecule is CC(CNC(=O)c1n[nH]c2c1CNCC2)Oc1ccccc1Br. The highest BCUT2D eigenvalue weighted by Gasteiger charge is 2.21. The molecule has 122 valence electrons. The molecule has 2 heterocycles. The number of hydrogen-bond acceptors (Lipinski definition) is 4. The van der Waals surface area contributed by atoms with Crippen LogP contribution >= 0.6 is 15.9 Å². The Morgan fingerprint density at radius 2 is 2.30 bits per heavy atom. The molecule has 1 aliphatic rings. The van der Waals surface area contributed by atoms with Crippen LogP contribution in [0.15, 0.2) is 28.7 Å². The zero-order valence-electron chi connectivity index (χ0n) is 12.9. The summed E-state index contributed by atoms with van der Waals surface area (Å²) in [6.45, 7) is 3.92. The van der Waals surface area contributed by atoms with E-state index in [1.165, 1.54) is 0 Å². The molecule has 6 nitrogen and oxygen atoms in total. The molecule has 0 aliphatic carbocycles. The topological polar surface area (TPSA) is 79.0 Å². The predicted octanol–water partition coefficient (Wildman–Crippen LogP) is 2.02. The van der Waals surface area contributed by atoms with E-state index in [2.05, 4.69) is 36.8 Å². The van der Waals surface area contributed by atoms with Gasteiger partial charge in [-0.05, 0) is 35.0 Å². The maximum absolute atomic E-state index is 12.3. The van der Waals surface area contributed by atoms with E-state index in [-0.39, 0.29) is 12.0 Å². The summed E-state index contributed by atoms with van der Waals surface area (Å²) in [5.41, 5.74) is 2.49. The number of aromatic amines is 1. The third-order valence-electron chi connectivity index (χ3n) is 3.74. The molecule has 3 N–H and O–H groups in total. The zero-order chi connectivity index (χ0) is 16.2. The van der Waals surface area contributed by atoms with Crippen molar-refractivity contribution in [3.8, 4) is 5.75 Å². The van der Waals surface area contributed by atoms with Crippen LogP contribution in [0, 0.1) is 0 Å². The van der Waals surface area contributed by atoms with Gasteiger partial charge >= 0.3 is 0 Å². The number of amides is 1. The van der Waals surface area contributed by atoms with Crippen molar-refractivity contribution in [1.82, 2.24) is 20.8 Å². The number of ether oxygens (including phenoxy) is 1. The van der Waals surface area contributed by atoms with Gasteiger partial charge in [0.15, 0.2) is 5.69 Å². The molecule has 1 aromatic carbocycles. The molecule has 1 amide bonds. The summed E-state index contributed by atoms with van der Waals surface area (Å²) in [7, 11) is 0. The number of hydrogen-bond donors (Lipinski definition) is 3. The molecule has 0 bridgehead atoms. The molecule has 0 saturated heterocycles. The minimum Gasteiger partial charge on any atom is -0.488 e. The van der Waals surface area contributed by atoms with Crippen molar-refractivity contribution in [2.24, 2.45) is 0 Å². The number of benzene rings is 1. The lowest BCUT2D eigenvalue weighted by Crippen LogP contribution is -2.35. The van der Waals surface area contributed by atoms with Crippen LogP contribution in [-0.2, 0) is 13.0 Å². The van der Waals surface area contributed by atoms with Crippen molar-refractivity contribution in [2.75, 3.05) is 13.1 Å². The van der Waals surface area contributed by atoms with E-state index in [1.54, 1.807) is 0 Å². The number of rotatable bonds is 5. The van der Waals surface area contributed by atoms with Crippen LogP contribution in [0.3, 0.4) is 0 Å². The van der Waals surface area contributed by atoms with E-state index < -0.39 is 0 Å². The standard InChI is InChI=1S/C16H19BrN4O2/c1-10(23-14-5-3-2-4-12(14)17)8-19-16(22)15-11-9-18-7-6-13(11)20-21-15/h2-5,10,18H,6-9H2,1H3,(H,19,22)(H,20,21). The number of fused-ring (bicyclic) bond motifs is 1. The van der Waals surface area contributed by atoms with E-state index in [4.69, 9.17) is 4.74 Å². The first-order valence-electron chi connectivity index (χ1n) is 7.61. The molecule has 0 saturated carbocycles. The Labute approximate surface area is 143 Å². The predicted molar refractivity (Wildman–Crippen MR) is 90.6 cm³/mol. The lowest BCUT2D eigenvalue weighted by atomic mass is 10.1. The minimum absolute atomic E-state index is 0.148. The second kappa shape index (κ2) is 7.14. The molecule has 23 heavy (non-hydrogen) atoms. The average molecular weight is 379 g/mol. The number of carbonyl (C=O) groups excluding carboxylic acids is 1. The van der Waals surface area contributed by atoms with Crippen molar-refractivity contribution in [3.05, 3.63) is 45.7 Å². The fourth-order valence-corrected chi connectivity index (χ4v) is 2.91. The highest BCUT2D eigenvalue weighted by Crippen LogP contribution is 2.24. The fraction of sp³-hybridized carbons (Fsp3) is 0.375. The number of H-pyrrole nitrogens is 1. The number of halogens is 1. The number of aromatic nitrogens is 2. The van der Waals surface area contributed by atoms with Crippen molar-refractivity contribution < 1.29 is 9.53 Å². The summed E-state index contributed by atoms with van der Waals surface area (Å²) < 4.78 is 6.72. The lowest BCUT2D eigenvalue weighted by Gasteiger charge is -2.17. The Bertz CT molecular complexity index is 701. The van der Waals surface area contributed by atoms with Crippen LogP contribution in [0.2, 0.25) is 0 Å². The fourth-order valence-electron chi connectivity index (χ4n) is 2.53. The van der Waals surface area contributed by atoms with E-state index in [0.717, 1.165) is 34.4 Å². The van der Waals surface area contributed by atoms with E-state index >= 15 is 0 Å². The Morgan fingerprint density at radius 1 is 1.48 bits per heavy atom. The summed E-state index contributed by atoms with van der Waals surface area (Å²) in [5.74, 6) is 0.587. The van der Waals surface area contributed by atoms with Gasteiger partial charge in [-0.15, -0.1) is 0 Å². The van der Waals surface area contributed by atoms with Gasteiger partial charge in [-0.1, -0.05) is 12.1 Å². The summed E-state index contributed by atoms with van der Waals surface area (Å²) in [5, 5.41) is 13.2. The molecule has 1 atom stereocenters. The minimum atomic E-state index is -0.172. The third kappa shape index (κ3) is 3.73. The number of nitrogens with zero attached hydrogens (tertiary/aromatic N) is 1. The highest BCUT2D eigenvalue weighted by molar-refractivity contribution is 9.10. The highest BCUT2D eigenvalue weighted by atomic mass is 79.9. The van der Waals surface area contributed by atoms with Crippen LogP contribution in [-0.4, -0.2) is 35.3 Å². The molecule has 0 fully saturated rings. The second-order valence-corrected chi connectivity index (χ2v) is 6.38. The van der Waals surface area contributed by atoms with Crippen LogP contribution < -0.4 is 15.4 Å². The second-order valence-electron chi connectivity index (χ2n) is 5.53. The van der Waals surface area contributed by atoms with Gasteiger partial charge in [0.1, 0.15) is 11.9 Å². The van der Waals surface area contributed by atoms with E-state index in [0.29, 0.717) is 18.8 Å². The molecular formula is C16H19BrN4O2. The molecule has 1 aromatic heterocycles. The van der Waals surface area contributed by atoms with Crippen LogP contribution in [0.25, 0.3) is 0 Å². The van der Waals surface area contributed by atoms with Crippen LogP contribution in [0.5, 0.6) is 5.75 Å². The van der Waals surface area contributed by atoms with Crippen molar-refractivity contribution in [1.29, 1.82) is 0 Å². The maximum Gasteiger partial charge on any atom is 0.272 e. The molecule has 2 aromatic rings. The largest absolute Gasteiger partial charge is 0.488 e.